The van der Waals surface area contributed by atoms with Crippen LogP contribution in [0.4, 0.5) is 4.79 Å². The normalized spacial score (nSPS) is 10.4. The van der Waals surface area contributed by atoms with Crippen LogP contribution in [0, 0.1) is 6.92 Å². The van der Waals surface area contributed by atoms with E-state index in [0.717, 1.165) is 11.1 Å². The third-order valence-electron chi connectivity index (χ3n) is 3.64. The minimum Gasteiger partial charge on any atom is -0.334 e. The molecular weight excluding hydrogens is 288 g/mol. The van der Waals surface area contributed by atoms with E-state index in [1.54, 1.807) is 12.1 Å². The molecule has 23 heavy (non-hydrogen) atoms. The van der Waals surface area contributed by atoms with Crippen LogP contribution >= 0.6 is 0 Å². The molecule has 0 atom stereocenters. The summed E-state index contributed by atoms with van der Waals surface area (Å²) in [6.45, 7) is 6.57. The number of aryl methyl sites for hydroxylation is 1. The molecule has 0 aliphatic carbocycles. The van der Waals surface area contributed by atoms with E-state index in [2.05, 4.69) is 24.5 Å². The minimum absolute atomic E-state index is 0.381. The van der Waals surface area contributed by atoms with Gasteiger partial charge in [0.25, 0.3) is 5.91 Å². The number of nitrogens with one attached hydrogen (secondary N) is 2. The van der Waals surface area contributed by atoms with Gasteiger partial charge >= 0.3 is 6.03 Å². The average Bonchev–Trinajstić information content (AvgIpc) is 2.54. The summed E-state index contributed by atoms with van der Waals surface area (Å²) in [6, 6.07) is 14.6. The van der Waals surface area contributed by atoms with Gasteiger partial charge in [-0.2, -0.15) is 0 Å². The van der Waals surface area contributed by atoms with E-state index >= 15 is 0 Å². The predicted molar refractivity (Wildman–Crippen MR) is 91.4 cm³/mol. The molecule has 0 aliphatic heterocycles. The fourth-order valence-electron chi connectivity index (χ4n) is 2.13. The van der Waals surface area contributed by atoms with E-state index < -0.39 is 11.9 Å². The second-order valence-electron chi connectivity index (χ2n) is 5.90. The van der Waals surface area contributed by atoms with E-state index in [1.165, 1.54) is 5.56 Å². The standard InChI is InChI=1S/C19H22N2O2/c1-13(2)16-8-10-17(11-9-16)18(22)21-19(23)20-12-15-6-4-14(3)5-7-15/h4-11,13H,12H2,1-3H3,(H2,20,21,22,23). The maximum Gasteiger partial charge on any atom is 0.321 e. The molecule has 0 aliphatic rings. The molecule has 0 spiro atoms. The third-order valence-corrected chi connectivity index (χ3v) is 3.64. The molecule has 3 amide bonds. The molecule has 0 fully saturated rings. The van der Waals surface area contributed by atoms with Crippen LogP contribution in [-0.4, -0.2) is 11.9 Å². The molecule has 0 heterocycles. The van der Waals surface area contributed by atoms with E-state index in [0.29, 0.717) is 18.0 Å². The molecule has 0 saturated heterocycles. The van der Waals surface area contributed by atoms with Gasteiger partial charge in [0.2, 0.25) is 0 Å². The first-order chi connectivity index (χ1) is 11.0. The number of rotatable bonds is 4. The SMILES string of the molecule is Cc1ccc(CNC(=O)NC(=O)c2ccc(C(C)C)cc2)cc1. The summed E-state index contributed by atoms with van der Waals surface area (Å²) in [4.78, 5) is 23.8. The Hall–Kier alpha value is -2.62. The van der Waals surface area contributed by atoms with Crippen molar-refractivity contribution in [1.29, 1.82) is 0 Å². The van der Waals surface area contributed by atoms with Crippen LogP contribution in [0.25, 0.3) is 0 Å². The highest BCUT2D eigenvalue weighted by Crippen LogP contribution is 2.14. The number of benzene rings is 2. The van der Waals surface area contributed by atoms with Crippen molar-refractivity contribution in [3.8, 4) is 0 Å². The van der Waals surface area contributed by atoms with E-state index in [1.807, 2.05) is 43.3 Å². The Labute approximate surface area is 136 Å². The first-order valence-corrected chi connectivity index (χ1v) is 7.70. The van der Waals surface area contributed by atoms with Crippen LogP contribution < -0.4 is 10.6 Å². The fourth-order valence-corrected chi connectivity index (χ4v) is 2.13. The Morgan fingerprint density at radius 3 is 2.13 bits per heavy atom. The topological polar surface area (TPSA) is 58.2 Å². The summed E-state index contributed by atoms with van der Waals surface area (Å²) in [5, 5.41) is 5.02. The van der Waals surface area contributed by atoms with Gasteiger partial charge in [-0.1, -0.05) is 55.8 Å². The molecule has 0 bridgehead atoms. The summed E-state index contributed by atoms with van der Waals surface area (Å²) in [5.41, 5.74) is 3.78. The zero-order valence-electron chi connectivity index (χ0n) is 13.7. The van der Waals surface area contributed by atoms with Crippen LogP contribution in [0.2, 0.25) is 0 Å². The molecule has 4 nitrogen and oxygen atoms in total. The van der Waals surface area contributed by atoms with Crippen molar-refractivity contribution in [2.45, 2.75) is 33.2 Å². The Bertz CT molecular complexity index is 674. The van der Waals surface area contributed by atoms with Crippen LogP contribution in [0.5, 0.6) is 0 Å². The van der Waals surface area contributed by atoms with Crippen molar-refractivity contribution in [3.63, 3.8) is 0 Å². The Morgan fingerprint density at radius 1 is 0.957 bits per heavy atom. The van der Waals surface area contributed by atoms with Gasteiger partial charge in [-0.05, 0) is 36.1 Å². The lowest BCUT2D eigenvalue weighted by Crippen LogP contribution is -2.39. The quantitative estimate of drug-likeness (QED) is 0.903. The number of imide groups is 1. The van der Waals surface area contributed by atoms with Gasteiger partial charge in [-0.15, -0.1) is 0 Å². The summed E-state index contributed by atoms with van der Waals surface area (Å²) < 4.78 is 0. The van der Waals surface area contributed by atoms with Crippen LogP contribution in [0.15, 0.2) is 48.5 Å². The highest BCUT2D eigenvalue weighted by molar-refractivity contribution is 6.04. The van der Waals surface area contributed by atoms with Gasteiger partial charge in [0.1, 0.15) is 0 Å². The maximum absolute atomic E-state index is 12.0. The second-order valence-corrected chi connectivity index (χ2v) is 5.90. The van der Waals surface area contributed by atoms with Gasteiger partial charge in [-0.3, -0.25) is 10.1 Å². The molecule has 2 rings (SSSR count). The number of carbonyl (C=O) groups is 2. The molecule has 0 radical (unpaired) electrons. The zero-order chi connectivity index (χ0) is 16.8. The van der Waals surface area contributed by atoms with E-state index in [4.69, 9.17) is 0 Å². The summed E-state index contributed by atoms with van der Waals surface area (Å²) >= 11 is 0. The number of hydrogen-bond acceptors (Lipinski definition) is 2. The van der Waals surface area contributed by atoms with Crippen molar-refractivity contribution in [3.05, 3.63) is 70.8 Å². The number of carbonyl (C=O) groups excluding carboxylic acids is 2. The lowest BCUT2D eigenvalue weighted by molar-refractivity contribution is 0.0964. The van der Waals surface area contributed by atoms with Gasteiger partial charge in [0.05, 0.1) is 0 Å². The second kappa shape index (κ2) is 7.58. The maximum atomic E-state index is 12.0. The van der Waals surface area contributed by atoms with Crippen LogP contribution in [0.1, 0.15) is 46.8 Å². The van der Waals surface area contributed by atoms with E-state index in [9.17, 15) is 9.59 Å². The molecule has 2 N–H and O–H groups in total. The first kappa shape index (κ1) is 16.7. The number of urea groups is 1. The third kappa shape index (κ3) is 4.95. The van der Waals surface area contributed by atoms with Gasteiger partial charge in [-0.25, -0.2) is 4.79 Å². The number of hydrogen-bond donors (Lipinski definition) is 2. The molecule has 0 saturated carbocycles. The van der Waals surface area contributed by atoms with Crippen molar-refractivity contribution in [2.24, 2.45) is 0 Å². The molecule has 2 aromatic carbocycles. The Morgan fingerprint density at radius 2 is 1.57 bits per heavy atom. The smallest absolute Gasteiger partial charge is 0.321 e. The van der Waals surface area contributed by atoms with Crippen molar-refractivity contribution >= 4 is 11.9 Å². The van der Waals surface area contributed by atoms with Crippen molar-refractivity contribution in [2.75, 3.05) is 0 Å². The van der Waals surface area contributed by atoms with Gasteiger partial charge in [0.15, 0.2) is 0 Å². The molecule has 4 heteroatoms. The summed E-state index contributed by atoms with van der Waals surface area (Å²) in [5.74, 6) is 0.00614. The molecule has 0 unspecified atom stereocenters. The lowest BCUT2D eigenvalue weighted by atomic mass is 10.0. The Balaban J connectivity index is 1.86. The highest BCUT2D eigenvalue weighted by Gasteiger charge is 2.10. The minimum atomic E-state index is -0.497. The molecule has 120 valence electrons. The average molecular weight is 310 g/mol. The van der Waals surface area contributed by atoms with Crippen LogP contribution in [-0.2, 0) is 6.54 Å². The van der Waals surface area contributed by atoms with Gasteiger partial charge < -0.3 is 5.32 Å². The first-order valence-electron chi connectivity index (χ1n) is 7.70. The zero-order valence-corrected chi connectivity index (χ0v) is 13.7. The largest absolute Gasteiger partial charge is 0.334 e. The predicted octanol–water partition coefficient (Wildman–Crippen LogP) is 3.76. The fraction of sp³-hybridized carbons (Fsp3) is 0.263. The van der Waals surface area contributed by atoms with Gasteiger partial charge in [0, 0.05) is 12.1 Å². The monoisotopic (exact) mass is 310 g/mol. The molecule has 2 aromatic rings. The summed E-state index contributed by atoms with van der Waals surface area (Å²) in [6.07, 6.45) is 0. The lowest BCUT2D eigenvalue weighted by Gasteiger charge is -2.09. The van der Waals surface area contributed by atoms with Crippen LogP contribution in [0.3, 0.4) is 0 Å². The molecule has 0 aromatic heterocycles. The summed E-state index contributed by atoms with van der Waals surface area (Å²) in [7, 11) is 0. The Kier molecular flexibility index (Phi) is 5.52. The van der Waals surface area contributed by atoms with E-state index in [-0.39, 0.29) is 0 Å². The number of amides is 3. The van der Waals surface area contributed by atoms with Crippen molar-refractivity contribution < 1.29 is 9.59 Å². The molecular formula is C19H22N2O2. The highest BCUT2D eigenvalue weighted by atomic mass is 16.2. The van der Waals surface area contributed by atoms with Crippen molar-refractivity contribution in [1.82, 2.24) is 10.6 Å².